The predicted molar refractivity (Wildman–Crippen MR) is 165 cm³/mol. The molecule has 0 radical (unpaired) electrons. The number of ether oxygens (including phenoxy) is 2. The summed E-state index contributed by atoms with van der Waals surface area (Å²) in [5, 5.41) is 2.94. The van der Waals surface area contributed by atoms with Crippen LogP contribution in [0.25, 0.3) is 0 Å². The van der Waals surface area contributed by atoms with Gasteiger partial charge in [0.2, 0.25) is 0 Å². The number of esters is 1. The number of carbonyl (C=O) groups excluding carboxylic acids is 2. The Hall–Kier alpha value is -1.77. The van der Waals surface area contributed by atoms with Crippen LogP contribution in [0.4, 0.5) is 4.79 Å². The standard InChI is InChI=1S/C33H59N3O5.ClH/c1-6-8-9-10-11-12-13-14-15-16-17-18-19-20-21-22-24-35-33(38)41-36(7-2)27(4)29(32(37)39-5)30(34)26(3)31(36)28-23-25-40-28;/h28,31H,6-25,34H2,1-5H3;1H. The van der Waals surface area contributed by atoms with Gasteiger partial charge in [0.25, 0.3) is 0 Å². The molecule has 3 atom stereocenters. The first-order chi connectivity index (χ1) is 19.8. The van der Waals surface area contributed by atoms with Gasteiger partial charge in [-0.05, 0) is 20.3 Å². The van der Waals surface area contributed by atoms with Crippen LogP contribution in [-0.2, 0) is 19.1 Å². The molecule has 2 heterocycles. The molecule has 0 aliphatic carbocycles. The zero-order valence-corrected chi connectivity index (χ0v) is 28.0. The monoisotopic (exact) mass is 613 g/mol. The number of methoxy groups -OCH3 is 1. The summed E-state index contributed by atoms with van der Waals surface area (Å²) >= 11 is 0. The number of nitrogens with zero attached hydrogens (tertiary/aromatic N) is 1. The van der Waals surface area contributed by atoms with Gasteiger partial charge in [0.15, 0.2) is 11.7 Å². The van der Waals surface area contributed by atoms with Crippen LogP contribution in [0.5, 0.6) is 0 Å². The molecule has 42 heavy (non-hydrogen) atoms. The third-order valence-corrected chi connectivity index (χ3v) is 9.01. The predicted octanol–water partition coefficient (Wildman–Crippen LogP) is 4.58. The number of halogens is 1. The van der Waals surface area contributed by atoms with Gasteiger partial charge in [0.05, 0.1) is 19.4 Å². The molecule has 8 nitrogen and oxygen atoms in total. The number of amides is 1. The maximum absolute atomic E-state index is 13.0. The number of hydrogen-bond donors (Lipinski definition) is 2. The van der Waals surface area contributed by atoms with E-state index in [1.165, 1.54) is 97.0 Å². The van der Waals surface area contributed by atoms with Crippen LogP contribution in [0.2, 0.25) is 0 Å². The van der Waals surface area contributed by atoms with Gasteiger partial charge < -0.3 is 32.9 Å². The Labute approximate surface area is 262 Å². The number of hydrogen-bond acceptors (Lipinski definition) is 6. The Bertz CT molecular complexity index is 874. The minimum absolute atomic E-state index is 0. The third-order valence-electron chi connectivity index (χ3n) is 9.01. The molecule has 3 unspecified atom stereocenters. The highest BCUT2D eigenvalue weighted by atomic mass is 35.5. The highest BCUT2D eigenvalue weighted by Gasteiger charge is 2.56. The first-order valence-corrected chi connectivity index (χ1v) is 16.6. The molecule has 3 N–H and O–H groups in total. The molecule has 1 amide bonds. The number of likely N-dealkylation sites (N-methyl/N-ethyl adjacent to an activating group) is 1. The lowest BCUT2D eigenvalue weighted by molar-refractivity contribution is -1.08. The van der Waals surface area contributed by atoms with Crippen molar-refractivity contribution in [2.75, 3.05) is 26.8 Å². The number of allylic oxidation sites excluding steroid dienone is 1. The van der Waals surface area contributed by atoms with Gasteiger partial charge >= 0.3 is 12.1 Å². The fraction of sp³-hybridized carbons (Fsp3) is 0.818. The Morgan fingerprint density at radius 1 is 0.881 bits per heavy atom. The molecule has 1 saturated heterocycles. The van der Waals surface area contributed by atoms with Gasteiger partial charge in [-0.1, -0.05) is 108 Å². The smallest absolute Gasteiger partial charge is 0.462 e. The van der Waals surface area contributed by atoms with Gasteiger partial charge in [-0.2, -0.15) is 0 Å². The first kappa shape index (κ1) is 38.3. The minimum atomic E-state index is -0.527. The molecular weight excluding hydrogens is 554 g/mol. The van der Waals surface area contributed by atoms with Crippen LogP contribution in [0, 0.1) is 0 Å². The number of nitrogens with two attached hydrogens (primary N) is 1. The molecule has 0 aromatic carbocycles. The maximum atomic E-state index is 13.0. The summed E-state index contributed by atoms with van der Waals surface area (Å²) in [6.07, 6.45) is 21.2. The normalized spacial score (nSPS) is 21.9. The molecule has 9 heteroatoms. The summed E-state index contributed by atoms with van der Waals surface area (Å²) < 4.78 is 10.7. The molecule has 0 aromatic heterocycles. The Morgan fingerprint density at radius 3 is 1.76 bits per heavy atom. The first-order valence-electron chi connectivity index (χ1n) is 16.6. The number of nitrogens with one attached hydrogen (secondary N) is 1. The van der Waals surface area contributed by atoms with Gasteiger partial charge in [0.1, 0.15) is 18.2 Å². The Kier molecular flexibility index (Phi) is 19.1. The lowest BCUT2D eigenvalue weighted by atomic mass is 9.87. The number of hydroxylamine groups is 3. The van der Waals surface area contributed by atoms with E-state index in [1.807, 2.05) is 13.8 Å². The summed E-state index contributed by atoms with van der Waals surface area (Å²) in [6.45, 7) is 9.57. The van der Waals surface area contributed by atoms with E-state index in [4.69, 9.17) is 20.0 Å². The Morgan fingerprint density at radius 2 is 1.36 bits per heavy atom. The molecule has 0 saturated carbocycles. The average molecular weight is 614 g/mol. The van der Waals surface area contributed by atoms with Crippen LogP contribution >= 0.6 is 0 Å². The quantitative estimate of drug-likeness (QED) is 0.112. The number of unbranched alkanes of at least 4 members (excludes halogenated alkanes) is 15. The average Bonchev–Trinajstić information content (AvgIpc) is 2.94. The van der Waals surface area contributed by atoms with Gasteiger partial charge in [-0.25, -0.2) is 14.4 Å². The molecule has 0 aromatic rings. The summed E-state index contributed by atoms with van der Waals surface area (Å²) in [6, 6.07) is -0.302. The van der Waals surface area contributed by atoms with Crippen molar-refractivity contribution >= 4 is 12.1 Å². The van der Waals surface area contributed by atoms with Gasteiger partial charge in [-0.3, -0.25) is 0 Å². The molecule has 1 fully saturated rings. The lowest BCUT2D eigenvalue weighted by Crippen LogP contribution is -3.00. The number of rotatable bonds is 21. The third kappa shape index (κ3) is 11.1. The van der Waals surface area contributed by atoms with Crippen molar-refractivity contribution in [1.29, 1.82) is 0 Å². The van der Waals surface area contributed by atoms with E-state index in [0.717, 1.165) is 24.8 Å². The summed E-state index contributed by atoms with van der Waals surface area (Å²) in [5.74, 6) is -0.527. The highest BCUT2D eigenvalue weighted by Crippen LogP contribution is 2.42. The summed E-state index contributed by atoms with van der Waals surface area (Å²) in [5.41, 5.74) is 8.42. The van der Waals surface area contributed by atoms with E-state index in [-0.39, 0.29) is 34.8 Å². The van der Waals surface area contributed by atoms with E-state index >= 15 is 0 Å². The molecule has 2 aliphatic rings. The van der Waals surface area contributed by atoms with Crippen LogP contribution < -0.4 is 23.5 Å². The summed E-state index contributed by atoms with van der Waals surface area (Å²) in [7, 11) is 1.33. The van der Waals surface area contributed by atoms with Crippen molar-refractivity contribution in [3.8, 4) is 0 Å². The van der Waals surface area contributed by atoms with E-state index in [9.17, 15) is 9.59 Å². The van der Waals surface area contributed by atoms with Crippen molar-refractivity contribution < 1.29 is 41.0 Å². The fourth-order valence-corrected chi connectivity index (χ4v) is 6.34. The van der Waals surface area contributed by atoms with Gasteiger partial charge in [0, 0.05) is 25.5 Å². The lowest BCUT2D eigenvalue weighted by Gasteiger charge is -2.48. The highest BCUT2D eigenvalue weighted by molar-refractivity contribution is 5.94. The second-order valence-corrected chi connectivity index (χ2v) is 11.9. The van der Waals surface area contributed by atoms with Gasteiger partial charge in [-0.15, -0.1) is 0 Å². The van der Waals surface area contributed by atoms with E-state index in [0.29, 0.717) is 31.1 Å². The number of carbonyl (C=O) groups is 2. The van der Waals surface area contributed by atoms with E-state index in [2.05, 4.69) is 12.2 Å². The van der Waals surface area contributed by atoms with Crippen LogP contribution in [-0.4, -0.2) is 55.7 Å². The minimum Gasteiger partial charge on any atom is -1.00 e. The topological polar surface area (TPSA) is 99.9 Å². The largest absolute Gasteiger partial charge is 1.00 e. The molecular formula is C33H60ClN3O5. The SMILES string of the molecule is CCCCCCCCCCCCCCCCCCNC(=O)O[N+]1(CC)C(C)=C(C(=O)OC)C(N)=C(C)C1C1CCO1.[Cl-]. The summed E-state index contributed by atoms with van der Waals surface area (Å²) in [4.78, 5) is 31.8. The van der Waals surface area contributed by atoms with Crippen LogP contribution in [0.1, 0.15) is 137 Å². The van der Waals surface area contributed by atoms with Crippen molar-refractivity contribution in [3.05, 3.63) is 22.5 Å². The number of quaternary nitrogens is 1. The van der Waals surface area contributed by atoms with Crippen molar-refractivity contribution in [2.24, 2.45) is 5.73 Å². The van der Waals surface area contributed by atoms with Crippen molar-refractivity contribution in [3.63, 3.8) is 0 Å². The van der Waals surface area contributed by atoms with Crippen LogP contribution in [0.15, 0.2) is 22.5 Å². The van der Waals surface area contributed by atoms with Crippen molar-refractivity contribution in [1.82, 2.24) is 5.32 Å². The fourth-order valence-electron chi connectivity index (χ4n) is 6.34. The second-order valence-electron chi connectivity index (χ2n) is 11.9. The van der Waals surface area contributed by atoms with Crippen LogP contribution in [0.3, 0.4) is 0 Å². The Balaban J connectivity index is 0.00000882. The molecule has 0 bridgehead atoms. The molecule has 2 rings (SSSR count). The maximum Gasteiger partial charge on any atom is 0.462 e. The van der Waals surface area contributed by atoms with E-state index < -0.39 is 12.1 Å². The molecule has 2 aliphatic heterocycles. The zero-order chi connectivity index (χ0) is 30.1. The second kappa shape index (κ2) is 21.0. The molecule has 244 valence electrons. The molecule has 0 spiro atoms. The zero-order valence-electron chi connectivity index (χ0n) is 27.2. The van der Waals surface area contributed by atoms with E-state index in [1.54, 1.807) is 6.92 Å². The van der Waals surface area contributed by atoms with Crippen molar-refractivity contribution in [2.45, 2.75) is 149 Å².